The number of aromatic nitrogens is 4. The Bertz CT molecular complexity index is 490. The fourth-order valence-electron chi connectivity index (χ4n) is 1.74. The molecule has 0 spiro atoms. The maximum Gasteiger partial charge on any atom is 0.225 e. The lowest BCUT2D eigenvalue weighted by atomic mass is 10.3. The van der Waals surface area contributed by atoms with E-state index in [1.165, 1.54) is 12.8 Å². The summed E-state index contributed by atoms with van der Waals surface area (Å²) in [5, 5.41) is 8.50. The Balaban J connectivity index is 1.91. The summed E-state index contributed by atoms with van der Waals surface area (Å²) in [6, 6.07) is 5.85. The summed E-state index contributed by atoms with van der Waals surface area (Å²) >= 11 is 6.03. The lowest BCUT2D eigenvalue weighted by Crippen LogP contribution is -2.05. The first-order chi connectivity index (χ1) is 7.84. The molecule has 82 valence electrons. The zero-order chi connectivity index (χ0) is 11.0. The highest BCUT2D eigenvalue weighted by Crippen LogP contribution is 2.39. The summed E-state index contributed by atoms with van der Waals surface area (Å²) in [4.78, 5) is 4.28. The second-order valence-corrected chi connectivity index (χ2v) is 4.35. The number of pyridine rings is 1. The van der Waals surface area contributed by atoms with Gasteiger partial charge in [0.05, 0.1) is 12.2 Å². The van der Waals surface area contributed by atoms with Crippen LogP contribution in [0.25, 0.3) is 0 Å². The highest BCUT2D eigenvalue weighted by Gasteiger charge is 2.30. The Morgan fingerprint density at radius 3 is 2.88 bits per heavy atom. The van der Waals surface area contributed by atoms with Crippen LogP contribution in [0.15, 0.2) is 24.4 Å². The quantitative estimate of drug-likeness (QED) is 0.818. The van der Waals surface area contributed by atoms with Crippen molar-refractivity contribution < 1.29 is 0 Å². The van der Waals surface area contributed by atoms with E-state index >= 15 is 0 Å². The molecule has 0 aliphatic heterocycles. The third kappa shape index (κ3) is 1.80. The summed E-state index contributed by atoms with van der Waals surface area (Å²) in [7, 11) is 0. The molecule has 0 radical (unpaired) electrons. The molecule has 3 rings (SSSR count). The summed E-state index contributed by atoms with van der Waals surface area (Å²) in [5.74, 6) is 1.54. The normalized spacial score (nSPS) is 15.3. The second-order valence-electron chi connectivity index (χ2n) is 4.01. The van der Waals surface area contributed by atoms with Crippen molar-refractivity contribution >= 4 is 11.6 Å². The summed E-state index contributed by atoms with van der Waals surface area (Å²) < 4.78 is 1.95. The maximum absolute atomic E-state index is 6.03. The van der Waals surface area contributed by atoms with Gasteiger partial charge in [-0.3, -0.25) is 9.55 Å². The van der Waals surface area contributed by atoms with Crippen molar-refractivity contribution in [1.82, 2.24) is 19.7 Å². The van der Waals surface area contributed by atoms with Crippen molar-refractivity contribution in [2.24, 2.45) is 0 Å². The topological polar surface area (TPSA) is 43.6 Å². The minimum atomic E-state index is 0.451. The van der Waals surface area contributed by atoms with Gasteiger partial charge in [-0.25, -0.2) is 0 Å². The molecule has 0 saturated heterocycles. The van der Waals surface area contributed by atoms with E-state index in [0.29, 0.717) is 17.7 Å². The molecule has 4 nitrogen and oxygen atoms in total. The number of rotatable bonds is 3. The van der Waals surface area contributed by atoms with E-state index in [1.54, 1.807) is 6.20 Å². The first kappa shape index (κ1) is 9.78. The van der Waals surface area contributed by atoms with Crippen LogP contribution in [-0.2, 0) is 6.54 Å². The van der Waals surface area contributed by atoms with E-state index < -0.39 is 0 Å². The van der Waals surface area contributed by atoms with Gasteiger partial charge in [-0.1, -0.05) is 6.07 Å². The molecule has 2 aromatic heterocycles. The number of hydrogen-bond donors (Lipinski definition) is 0. The van der Waals surface area contributed by atoms with Crippen LogP contribution >= 0.6 is 11.6 Å². The highest BCUT2D eigenvalue weighted by molar-refractivity contribution is 6.28. The molecule has 1 fully saturated rings. The summed E-state index contributed by atoms with van der Waals surface area (Å²) in [5.41, 5.74) is 0.978. The molecule has 2 aromatic rings. The van der Waals surface area contributed by atoms with E-state index in [0.717, 1.165) is 11.5 Å². The summed E-state index contributed by atoms with van der Waals surface area (Å²) in [6.45, 7) is 0.651. The molecule has 0 aromatic carbocycles. The maximum atomic E-state index is 6.03. The SMILES string of the molecule is Clc1nnc(C2CC2)n1Cc1ccccn1. The Morgan fingerprint density at radius 2 is 2.19 bits per heavy atom. The van der Waals surface area contributed by atoms with Crippen LogP contribution in [0.2, 0.25) is 5.28 Å². The predicted molar refractivity (Wildman–Crippen MR) is 60.3 cm³/mol. The molecule has 16 heavy (non-hydrogen) atoms. The predicted octanol–water partition coefficient (Wildman–Crippen LogP) is 2.25. The zero-order valence-corrected chi connectivity index (χ0v) is 9.43. The lowest BCUT2D eigenvalue weighted by Gasteiger charge is -2.05. The molecule has 0 bridgehead atoms. The van der Waals surface area contributed by atoms with E-state index in [1.807, 2.05) is 22.8 Å². The first-order valence-electron chi connectivity index (χ1n) is 5.33. The van der Waals surface area contributed by atoms with Crippen LogP contribution in [0, 0.1) is 0 Å². The Labute approximate surface area is 98.3 Å². The third-order valence-corrected chi connectivity index (χ3v) is 3.00. The molecule has 0 unspecified atom stereocenters. The van der Waals surface area contributed by atoms with Crippen molar-refractivity contribution in [3.05, 3.63) is 41.2 Å². The average Bonchev–Trinajstić information content (AvgIpc) is 3.08. The average molecular weight is 235 g/mol. The Hall–Kier alpha value is -1.42. The van der Waals surface area contributed by atoms with Gasteiger partial charge >= 0.3 is 0 Å². The minimum absolute atomic E-state index is 0.451. The fraction of sp³-hybridized carbons (Fsp3) is 0.364. The molecular formula is C11H11ClN4. The second kappa shape index (κ2) is 3.87. The van der Waals surface area contributed by atoms with Gasteiger partial charge in [-0.15, -0.1) is 10.2 Å². The van der Waals surface area contributed by atoms with Crippen LogP contribution in [0.4, 0.5) is 0 Å². The number of hydrogen-bond acceptors (Lipinski definition) is 3. The van der Waals surface area contributed by atoms with Crippen LogP contribution in [0.3, 0.4) is 0 Å². The van der Waals surface area contributed by atoms with Crippen molar-refractivity contribution in [1.29, 1.82) is 0 Å². The Morgan fingerprint density at radius 1 is 1.31 bits per heavy atom. The largest absolute Gasteiger partial charge is 0.295 e. The van der Waals surface area contributed by atoms with Gasteiger partial charge in [0.15, 0.2) is 0 Å². The lowest BCUT2D eigenvalue weighted by molar-refractivity contribution is 0.712. The van der Waals surface area contributed by atoms with Crippen LogP contribution in [0.1, 0.15) is 30.3 Å². The van der Waals surface area contributed by atoms with Gasteiger partial charge in [0.1, 0.15) is 5.82 Å². The molecule has 1 aliphatic rings. The molecule has 2 heterocycles. The number of nitrogens with zero attached hydrogens (tertiary/aromatic N) is 4. The zero-order valence-electron chi connectivity index (χ0n) is 8.67. The number of halogens is 1. The van der Waals surface area contributed by atoms with Crippen molar-refractivity contribution in [3.8, 4) is 0 Å². The minimum Gasteiger partial charge on any atom is -0.295 e. The van der Waals surface area contributed by atoms with Crippen LogP contribution < -0.4 is 0 Å². The monoisotopic (exact) mass is 234 g/mol. The highest BCUT2D eigenvalue weighted by atomic mass is 35.5. The molecule has 0 N–H and O–H groups in total. The summed E-state index contributed by atoms with van der Waals surface area (Å²) in [6.07, 6.45) is 4.17. The van der Waals surface area contributed by atoms with E-state index in [4.69, 9.17) is 11.6 Å². The smallest absolute Gasteiger partial charge is 0.225 e. The van der Waals surface area contributed by atoms with E-state index in [2.05, 4.69) is 15.2 Å². The van der Waals surface area contributed by atoms with Crippen LogP contribution in [0.5, 0.6) is 0 Å². The standard InChI is InChI=1S/C11H11ClN4/c12-11-15-14-10(8-4-5-8)16(11)7-9-3-1-2-6-13-9/h1-3,6,8H,4-5,7H2. The molecular weight excluding hydrogens is 224 g/mol. The molecule has 1 saturated carbocycles. The van der Waals surface area contributed by atoms with Gasteiger partial charge in [-0.05, 0) is 36.6 Å². The fourth-order valence-corrected chi connectivity index (χ4v) is 1.92. The molecule has 5 heteroatoms. The van der Waals surface area contributed by atoms with Crippen LogP contribution in [-0.4, -0.2) is 19.7 Å². The van der Waals surface area contributed by atoms with Crippen molar-refractivity contribution in [2.45, 2.75) is 25.3 Å². The van der Waals surface area contributed by atoms with Gasteiger partial charge < -0.3 is 0 Å². The molecule has 0 amide bonds. The van der Waals surface area contributed by atoms with Gasteiger partial charge in [-0.2, -0.15) is 0 Å². The van der Waals surface area contributed by atoms with Crippen molar-refractivity contribution in [2.75, 3.05) is 0 Å². The van der Waals surface area contributed by atoms with Crippen molar-refractivity contribution in [3.63, 3.8) is 0 Å². The molecule has 0 atom stereocenters. The Kier molecular flexibility index (Phi) is 2.36. The van der Waals surface area contributed by atoms with E-state index in [-0.39, 0.29) is 0 Å². The van der Waals surface area contributed by atoms with Gasteiger partial charge in [0.2, 0.25) is 5.28 Å². The molecule has 1 aliphatic carbocycles. The third-order valence-electron chi connectivity index (χ3n) is 2.72. The first-order valence-corrected chi connectivity index (χ1v) is 5.71. The van der Waals surface area contributed by atoms with E-state index in [9.17, 15) is 0 Å². The van der Waals surface area contributed by atoms with Gasteiger partial charge in [0.25, 0.3) is 0 Å². The van der Waals surface area contributed by atoms with Gasteiger partial charge in [0, 0.05) is 12.1 Å².